The third kappa shape index (κ3) is 2.77. The van der Waals surface area contributed by atoms with Gasteiger partial charge in [-0.25, -0.2) is 9.18 Å². The Morgan fingerprint density at radius 2 is 2.00 bits per heavy atom. The van der Waals surface area contributed by atoms with Crippen LogP contribution in [0.1, 0.15) is 23.0 Å². The van der Waals surface area contributed by atoms with Crippen molar-refractivity contribution < 1.29 is 13.9 Å². The van der Waals surface area contributed by atoms with Gasteiger partial charge in [0.15, 0.2) is 0 Å². The Labute approximate surface area is 105 Å². The van der Waals surface area contributed by atoms with Gasteiger partial charge >= 0.3 is 5.97 Å². The fourth-order valence-corrected chi connectivity index (χ4v) is 1.73. The highest BCUT2D eigenvalue weighted by atomic mass is 19.1. The summed E-state index contributed by atoms with van der Waals surface area (Å²) in [4.78, 5) is 11.7. The van der Waals surface area contributed by atoms with Crippen LogP contribution in [-0.2, 0) is 11.3 Å². The summed E-state index contributed by atoms with van der Waals surface area (Å²) in [6.45, 7) is 2.63. The van der Waals surface area contributed by atoms with Crippen molar-refractivity contribution in [1.29, 1.82) is 0 Å². The van der Waals surface area contributed by atoms with E-state index in [-0.39, 0.29) is 11.8 Å². The number of hydrogen-bond donors (Lipinski definition) is 0. The zero-order valence-electron chi connectivity index (χ0n) is 10.1. The van der Waals surface area contributed by atoms with Gasteiger partial charge in [0.1, 0.15) is 11.5 Å². The summed E-state index contributed by atoms with van der Waals surface area (Å²) in [7, 11) is 0. The molecular weight excluding hydrogens is 233 g/mol. The smallest absolute Gasteiger partial charge is 0.354 e. The van der Waals surface area contributed by atoms with Crippen LogP contribution in [0.4, 0.5) is 4.39 Å². The van der Waals surface area contributed by atoms with Crippen molar-refractivity contribution in [2.45, 2.75) is 13.5 Å². The molecule has 0 aliphatic heterocycles. The van der Waals surface area contributed by atoms with Crippen LogP contribution in [0.15, 0.2) is 42.6 Å². The summed E-state index contributed by atoms with van der Waals surface area (Å²) in [5.41, 5.74) is 1.43. The number of aromatic nitrogens is 1. The van der Waals surface area contributed by atoms with Crippen molar-refractivity contribution in [2.24, 2.45) is 0 Å². The Bertz CT molecular complexity index is 531. The molecule has 0 bridgehead atoms. The second-order valence-corrected chi connectivity index (χ2v) is 3.87. The molecule has 1 aromatic carbocycles. The van der Waals surface area contributed by atoms with Crippen LogP contribution >= 0.6 is 0 Å². The van der Waals surface area contributed by atoms with Crippen LogP contribution < -0.4 is 0 Å². The predicted molar refractivity (Wildman–Crippen MR) is 65.9 cm³/mol. The lowest BCUT2D eigenvalue weighted by molar-refractivity contribution is 0.0514. The van der Waals surface area contributed by atoms with Crippen molar-refractivity contribution in [1.82, 2.24) is 4.57 Å². The van der Waals surface area contributed by atoms with Crippen LogP contribution in [-0.4, -0.2) is 17.1 Å². The zero-order valence-corrected chi connectivity index (χ0v) is 10.1. The molecular formula is C14H14FNO2. The standard InChI is InChI=1S/C14H14FNO2/c1-2-18-14(17)13-4-3-9-16(13)10-11-5-7-12(15)8-6-11/h3-9H,2,10H2,1H3. The summed E-state index contributed by atoms with van der Waals surface area (Å²) >= 11 is 0. The van der Waals surface area contributed by atoms with Crippen LogP contribution in [0.2, 0.25) is 0 Å². The first-order chi connectivity index (χ1) is 8.70. The van der Waals surface area contributed by atoms with E-state index in [9.17, 15) is 9.18 Å². The number of carbonyl (C=O) groups excluding carboxylic acids is 1. The maximum atomic E-state index is 12.8. The van der Waals surface area contributed by atoms with E-state index in [1.165, 1.54) is 12.1 Å². The number of esters is 1. The van der Waals surface area contributed by atoms with E-state index in [0.717, 1.165) is 5.56 Å². The monoisotopic (exact) mass is 247 g/mol. The molecule has 0 saturated heterocycles. The molecule has 0 aliphatic rings. The number of halogens is 1. The van der Waals surface area contributed by atoms with Gasteiger partial charge in [0.25, 0.3) is 0 Å². The molecule has 2 rings (SSSR count). The van der Waals surface area contributed by atoms with Gasteiger partial charge in [-0.15, -0.1) is 0 Å². The molecule has 3 nitrogen and oxygen atoms in total. The predicted octanol–water partition coefficient (Wildman–Crippen LogP) is 2.85. The molecule has 94 valence electrons. The summed E-state index contributed by atoms with van der Waals surface area (Å²) in [5, 5.41) is 0. The van der Waals surface area contributed by atoms with Crippen molar-refractivity contribution in [2.75, 3.05) is 6.61 Å². The third-order valence-electron chi connectivity index (χ3n) is 2.58. The first kappa shape index (κ1) is 12.4. The van der Waals surface area contributed by atoms with Gasteiger partial charge in [-0.05, 0) is 36.8 Å². The first-order valence-corrected chi connectivity index (χ1v) is 5.77. The van der Waals surface area contributed by atoms with Crippen LogP contribution in [0.25, 0.3) is 0 Å². The van der Waals surface area contributed by atoms with E-state index >= 15 is 0 Å². The van der Waals surface area contributed by atoms with Crippen LogP contribution in [0.3, 0.4) is 0 Å². The largest absolute Gasteiger partial charge is 0.461 e. The van der Waals surface area contributed by atoms with Crippen molar-refractivity contribution in [3.63, 3.8) is 0 Å². The lowest BCUT2D eigenvalue weighted by Gasteiger charge is -2.08. The normalized spacial score (nSPS) is 10.3. The maximum absolute atomic E-state index is 12.8. The molecule has 1 aromatic heterocycles. The minimum Gasteiger partial charge on any atom is -0.461 e. The number of ether oxygens (including phenoxy) is 1. The summed E-state index contributed by atoms with van der Waals surface area (Å²) in [6.07, 6.45) is 1.80. The highest BCUT2D eigenvalue weighted by Crippen LogP contribution is 2.10. The van der Waals surface area contributed by atoms with Crippen molar-refractivity contribution in [3.8, 4) is 0 Å². The lowest BCUT2D eigenvalue weighted by Crippen LogP contribution is -2.12. The summed E-state index contributed by atoms with van der Waals surface area (Å²) in [6, 6.07) is 9.71. The molecule has 2 aromatic rings. The number of carbonyl (C=O) groups is 1. The Morgan fingerprint density at radius 1 is 1.28 bits per heavy atom. The van der Waals surface area contributed by atoms with E-state index in [0.29, 0.717) is 18.8 Å². The average molecular weight is 247 g/mol. The van der Waals surface area contributed by atoms with E-state index in [4.69, 9.17) is 4.74 Å². The van der Waals surface area contributed by atoms with Crippen LogP contribution in [0.5, 0.6) is 0 Å². The Morgan fingerprint density at radius 3 is 2.67 bits per heavy atom. The minimum atomic E-state index is -0.343. The van der Waals surface area contributed by atoms with Gasteiger partial charge in [0.2, 0.25) is 0 Å². The quantitative estimate of drug-likeness (QED) is 0.778. The molecule has 0 aliphatic carbocycles. The number of nitrogens with zero attached hydrogens (tertiary/aromatic N) is 1. The minimum absolute atomic E-state index is 0.267. The number of rotatable bonds is 4. The molecule has 4 heteroatoms. The highest BCUT2D eigenvalue weighted by molar-refractivity contribution is 5.87. The van der Waals surface area contributed by atoms with Gasteiger partial charge in [-0.1, -0.05) is 12.1 Å². The Balaban J connectivity index is 2.17. The fourth-order valence-electron chi connectivity index (χ4n) is 1.73. The topological polar surface area (TPSA) is 31.2 Å². The maximum Gasteiger partial charge on any atom is 0.354 e. The van der Waals surface area contributed by atoms with Gasteiger partial charge in [0, 0.05) is 12.7 Å². The van der Waals surface area contributed by atoms with Gasteiger partial charge in [0.05, 0.1) is 6.61 Å². The Hall–Kier alpha value is -2.10. The molecule has 0 spiro atoms. The van der Waals surface area contributed by atoms with E-state index in [1.807, 2.05) is 0 Å². The van der Waals surface area contributed by atoms with Gasteiger partial charge in [-0.2, -0.15) is 0 Å². The third-order valence-corrected chi connectivity index (χ3v) is 2.58. The molecule has 0 fully saturated rings. The zero-order chi connectivity index (χ0) is 13.0. The molecule has 0 saturated carbocycles. The van der Waals surface area contributed by atoms with E-state index in [1.54, 1.807) is 42.0 Å². The fraction of sp³-hybridized carbons (Fsp3) is 0.214. The first-order valence-electron chi connectivity index (χ1n) is 5.77. The lowest BCUT2D eigenvalue weighted by atomic mass is 10.2. The van der Waals surface area contributed by atoms with Gasteiger partial charge < -0.3 is 9.30 Å². The number of hydrogen-bond acceptors (Lipinski definition) is 2. The molecule has 0 unspecified atom stereocenters. The highest BCUT2D eigenvalue weighted by Gasteiger charge is 2.11. The molecule has 1 heterocycles. The second-order valence-electron chi connectivity index (χ2n) is 3.87. The molecule has 0 N–H and O–H groups in total. The Kier molecular flexibility index (Phi) is 3.77. The van der Waals surface area contributed by atoms with E-state index < -0.39 is 0 Å². The molecule has 0 amide bonds. The number of benzene rings is 1. The second kappa shape index (κ2) is 5.49. The van der Waals surface area contributed by atoms with Crippen molar-refractivity contribution in [3.05, 3.63) is 59.7 Å². The molecule has 0 atom stereocenters. The summed E-state index contributed by atoms with van der Waals surface area (Å²) < 4.78 is 19.5. The van der Waals surface area contributed by atoms with Gasteiger partial charge in [-0.3, -0.25) is 0 Å². The molecule has 0 radical (unpaired) electrons. The van der Waals surface area contributed by atoms with Crippen molar-refractivity contribution >= 4 is 5.97 Å². The molecule has 18 heavy (non-hydrogen) atoms. The SMILES string of the molecule is CCOC(=O)c1cccn1Cc1ccc(F)cc1. The summed E-state index contributed by atoms with van der Waals surface area (Å²) in [5.74, 6) is -0.610. The van der Waals surface area contributed by atoms with E-state index in [2.05, 4.69) is 0 Å². The average Bonchev–Trinajstić information content (AvgIpc) is 2.81. The van der Waals surface area contributed by atoms with Crippen LogP contribution in [0, 0.1) is 5.82 Å².